The predicted octanol–water partition coefficient (Wildman–Crippen LogP) is 21.2. The number of phosphoric acid groups is 2. The second-order valence-corrected chi connectivity index (χ2v) is 30.2. The molecule has 2 unspecified atom stereocenters. The Morgan fingerprint density at radius 3 is 0.739 bits per heavy atom. The first-order valence-electron chi connectivity index (χ1n) is 38.0. The van der Waals surface area contributed by atoms with Crippen LogP contribution in [-0.2, 0) is 65.4 Å². The highest BCUT2D eigenvalue weighted by Crippen LogP contribution is 2.45. The van der Waals surface area contributed by atoms with Gasteiger partial charge in [-0.25, -0.2) is 9.13 Å². The van der Waals surface area contributed by atoms with Crippen molar-refractivity contribution in [3.63, 3.8) is 0 Å². The van der Waals surface area contributed by atoms with Gasteiger partial charge in [0.25, 0.3) is 0 Å². The van der Waals surface area contributed by atoms with Gasteiger partial charge in [0, 0.05) is 25.7 Å². The zero-order valence-electron chi connectivity index (χ0n) is 59.9. The fraction of sp³-hybridized carbons (Fsp3) is 0.945. The second-order valence-electron chi connectivity index (χ2n) is 27.3. The fourth-order valence-electron chi connectivity index (χ4n) is 11.1. The van der Waals surface area contributed by atoms with Crippen LogP contribution in [0, 0.1) is 11.8 Å². The summed E-state index contributed by atoms with van der Waals surface area (Å²) in [5, 5.41) is 10.6. The second kappa shape index (κ2) is 65.0. The van der Waals surface area contributed by atoms with Crippen molar-refractivity contribution in [3.8, 4) is 0 Å². The van der Waals surface area contributed by atoms with Crippen molar-refractivity contribution in [2.45, 2.75) is 394 Å². The van der Waals surface area contributed by atoms with E-state index in [9.17, 15) is 43.2 Å². The molecule has 0 saturated heterocycles. The van der Waals surface area contributed by atoms with Crippen molar-refractivity contribution in [1.82, 2.24) is 0 Å². The summed E-state index contributed by atoms with van der Waals surface area (Å²) in [4.78, 5) is 72.7. The first-order valence-corrected chi connectivity index (χ1v) is 41.0. The van der Waals surface area contributed by atoms with Gasteiger partial charge in [0.15, 0.2) is 12.2 Å². The number of carbonyl (C=O) groups excluding carboxylic acids is 4. The Balaban J connectivity index is 5.24. The molecule has 0 heterocycles. The molecule has 0 saturated carbocycles. The number of carbonyl (C=O) groups is 4. The number of aliphatic hydroxyl groups is 1. The van der Waals surface area contributed by atoms with Crippen LogP contribution in [0.3, 0.4) is 0 Å². The lowest BCUT2D eigenvalue weighted by Gasteiger charge is -2.21. The fourth-order valence-corrected chi connectivity index (χ4v) is 12.7. The Morgan fingerprint density at radius 1 is 0.293 bits per heavy atom. The molecule has 0 aliphatic heterocycles. The van der Waals surface area contributed by atoms with Crippen LogP contribution < -0.4 is 0 Å². The van der Waals surface area contributed by atoms with Crippen molar-refractivity contribution in [2.75, 3.05) is 39.6 Å². The van der Waals surface area contributed by atoms with E-state index >= 15 is 0 Å². The number of rotatable bonds is 72. The van der Waals surface area contributed by atoms with E-state index in [4.69, 9.17) is 37.0 Å². The Morgan fingerprint density at radius 2 is 0.500 bits per heavy atom. The zero-order chi connectivity index (χ0) is 67.9. The molecule has 17 nitrogen and oxygen atoms in total. The highest BCUT2D eigenvalue weighted by molar-refractivity contribution is 7.47. The molecule has 5 atom stereocenters. The van der Waals surface area contributed by atoms with E-state index in [1.165, 1.54) is 193 Å². The van der Waals surface area contributed by atoms with E-state index in [0.717, 1.165) is 102 Å². The summed E-state index contributed by atoms with van der Waals surface area (Å²) in [7, 11) is -9.90. The van der Waals surface area contributed by atoms with Crippen molar-refractivity contribution < 1.29 is 80.2 Å². The third-order valence-corrected chi connectivity index (χ3v) is 18.9. The molecule has 0 radical (unpaired) electrons. The Kier molecular flexibility index (Phi) is 63.7. The molecule has 0 rings (SSSR count). The van der Waals surface area contributed by atoms with Gasteiger partial charge in [0.05, 0.1) is 26.4 Å². The number of unbranched alkanes of at least 4 members (excludes halogenated alkanes) is 42. The molecule has 0 fully saturated rings. The molecule has 0 aromatic heterocycles. The van der Waals surface area contributed by atoms with Gasteiger partial charge in [-0.1, -0.05) is 324 Å². The van der Waals surface area contributed by atoms with E-state index in [0.29, 0.717) is 25.7 Å². The molecule has 0 amide bonds. The molecule has 0 aromatic rings. The molecule has 19 heteroatoms. The molecule has 0 spiro atoms. The van der Waals surface area contributed by atoms with Crippen LogP contribution in [0.2, 0.25) is 0 Å². The standard InChI is InChI=1S/C73H142O17P2/c1-7-9-11-13-15-17-18-19-20-21-26-33-39-45-51-57-72(77)90-69(62-84-71(76)56-50-44-38-32-27-22-24-30-35-41-47-53-65(3)4)64-88-92(81,82)86-60-67(74)59-85-91(79,80)87-63-68(61-83-70(75)55-49-43-37-29-16-14-12-10-8-2)89-73(78)58-52-46-40-34-28-23-25-31-36-42-48-54-66(5)6/h65-69,74H,7-64H2,1-6H3,(H,79,80)(H,81,82)/t67-,68+,69+/m0/s1. The number of ether oxygens (including phenoxy) is 4. The zero-order valence-corrected chi connectivity index (χ0v) is 61.6. The molecule has 0 aliphatic rings. The maximum atomic E-state index is 13.1. The van der Waals surface area contributed by atoms with Gasteiger partial charge in [-0.3, -0.25) is 37.3 Å². The number of phosphoric ester groups is 2. The third-order valence-electron chi connectivity index (χ3n) is 17.0. The molecular weight excluding hydrogens is 1210 g/mol. The van der Waals surface area contributed by atoms with E-state index in [-0.39, 0.29) is 25.7 Å². The number of hydrogen-bond donors (Lipinski definition) is 3. The molecule has 0 aliphatic carbocycles. The highest BCUT2D eigenvalue weighted by Gasteiger charge is 2.30. The quantitative estimate of drug-likeness (QED) is 0.0222. The van der Waals surface area contributed by atoms with Gasteiger partial charge in [-0.2, -0.15) is 0 Å². The number of esters is 4. The Hall–Kier alpha value is -1.94. The summed E-state index contributed by atoms with van der Waals surface area (Å²) in [5.41, 5.74) is 0. The van der Waals surface area contributed by atoms with Gasteiger partial charge < -0.3 is 33.8 Å². The lowest BCUT2D eigenvalue weighted by molar-refractivity contribution is -0.161. The van der Waals surface area contributed by atoms with Crippen LogP contribution >= 0.6 is 15.6 Å². The molecule has 0 aromatic carbocycles. The van der Waals surface area contributed by atoms with Crippen molar-refractivity contribution in [3.05, 3.63) is 0 Å². The van der Waals surface area contributed by atoms with Crippen LogP contribution in [-0.4, -0.2) is 96.7 Å². The lowest BCUT2D eigenvalue weighted by atomic mass is 10.0. The average Bonchev–Trinajstić information content (AvgIpc) is 2.37. The van der Waals surface area contributed by atoms with Crippen LogP contribution in [0.25, 0.3) is 0 Å². The Bertz CT molecular complexity index is 1790. The van der Waals surface area contributed by atoms with Gasteiger partial charge >= 0.3 is 39.5 Å². The lowest BCUT2D eigenvalue weighted by Crippen LogP contribution is -2.30. The van der Waals surface area contributed by atoms with Gasteiger partial charge in [0.1, 0.15) is 19.3 Å². The molecule has 546 valence electrons. The number of aliphatic hydroxyl groups excluding tert-OH is 1. The monoisotopic (exact) mass is 1350 g/mol. The third kappa shape index (κ3) is 66.7. The minimum absolute atomic E-state index is 0.106. The van der Waals surface area contributed by atoms with E-state index in [2.05, 4.69) is 41.5 Å². The van der Waals surface area contributed by atoms with E-state index in [1.807, 2.05) is 0 Å². The maximum Gasteiger partial charge on any atom is 0.472 e. The van der Waals surface area contributed by atoms with Crippen molar-refractivity contribution >= 4 is 39.5 Å². The summed E-state index contributed by atoms with van der Waals surface area (Å²) in [6, 6.07) is 0. The first-order chi connectivity index (χ1) is 44.4. The highest BCUT2D eigenvalue weighted by atomic mass is 31.2. The summed E-state index contributed by atoms with van der Waals surface area (Å²) >= 11 is 0. The van der Waals surface area contributed by atoms with Crippen LogP contribution in [0.1, 0.15) is 375 Å². The first kappa shape index (κ1) is 90.1. The summed E-state index contributed by atoms with van der Waals surface area (Å²) in [6.45, 7) is 9.57. The molecule has 0 bridgehead atoms. The van der Waals surface area contributed by atoms with Gasteiger partial charge in [0.2, 0.25) is 0 Å². The average molecular weight is 1350 g/mol. The van der Waals surface area contributed by atoms with E-state index in [1.54, 1.807) is 0 Å². The normalized spacial score (nSPS) is 14.1. The molecule has 92 heavy (non-hydrogen) atoms. The van der Waals surface area contributed by atoms with Crippen molar-refractivity contribution in [2.24, 2.45) is 11.8 Å². The predicted molar refractivity (Wildman–Crippen MR) is 372 cm³/mol. The van der Waals surface area contributed by atoms with E-state index < -0.39 is 97.5 Å². The minimum Gasteiger partial charge on any atom is -0.462 e. The smallest absolute Gasteiger partial charge is 0.462 e. The molecule has 3 N–H and O–H groups in total. The summed E-state index contributed by atoms with van der Waals surface area (Å²) in [6.07, 6.45) is 51.2. The van der Waals surface area contributed by atoms with Crippen molar-refractivity contribution in [1.29, 1.82) is 0 Å². The summed E-state index contributed by atoms with van der Waals surface area (Å²) < 4.78 is 68.4. The molecular formula is C73H142O17P2. The van der Waals surface area contributed by atoms with Crippen LogP contribution in [0.5, 0.6) is 0 Å². The maximum absolute atomic E-state index is 13.1. The number of hydrogen-bond acceptors (Lipinski definition) is 15. The minimum atomic E-state index is -4.95. The van der Waals surface area contributed by atoms with Crippen LogP contribution in [0.4, 0.5) is 0 Å². The van der Waals surface area contributed by atoms with Gasteiger partial charge in [-0.05, 0) is 37.5 Å². The van der Waals surface area contributed by atoms with Gasteiger partial charge in [-0.15, -0.1) is 0 Å². The largest absolute Gasteiger partial charge is 0.472 e. The Labute approximate surface area is 562 Å². The topological polar surface area (TPSA) is 237 Å². The SMILES string of the molecule is CCCCCCCCCCCCCCCCCC(=O)O[C@H](COC(=O)CCCCCCCCCCCCCC(C)C)COP(=O)(O)OC[C@@H](O)COP(=O)(O)OC[C@@H](COC(=O)CCCCCCCCCCC)OC(=O)CCCCCCCCCCCCCC(C)C. The summed E-state index contributed by atoms with van der Waals surface area (Å²) in [5.74, 6) is -0.582. The van der Waals surface area contributed by atoms with Crippen LogP contribution in [0.15, 0.2) is 0 Å².